The molecule has 3 rings (SSSR count). The zero-order valence-corrected chi connectivity index (χ0v) is 13.6. The van der Waals surface area contributed by atoms with Crippen molar-refractivity contribution >= 4 is 0 Å². The molecule has 0 spiro atoms. The normalized spacial score (nSPS) is 21.9. The molecule has 2 heterocycles. The minimum absolute atomic E-state index is 0.0543. The first kappa shape index (κ1) is 16.6. The van der Waals surface area contributed by atoms with Crippen LogP contribution in [0.2, 0.25) is 0 Å². The van der Waals surface area contributed by atoms with Crippen LogP contribution in [0.1, 0.15) is 5.56 Å². The van der Waals surface area contributed by atoms with E-state index in [0.29, 0.717) is 13.2 Å². The largest absolute Gasteiger partial charge is 0.494 e. The molecule has 1 aromatic carbocycles. The fraction of sp³-hybridized carbons (Fsp3) is 0.647. The van der Waals surface area contributed by atoms with Gasteiger partial charge in [0, 0.05) is 39.3 Å². The number of nitrogens with zero attached hydrogens (tertiary/aromatic N) is 2. The van der Waals surface area contributed by atoms with E-state index in [0.717, 1.165) is 44.8 Å². The van der Waals surface area contributed by atoms with Crippen molar-refractivity contribution in [3.63, 3.8) is 0 Å². The highest BCUT2D eigenvalue weighted by Gasteiger charge is 2.40. The predicted molar refractivity (Wildman–Crippen MR) is 85.0 cm³/mol. The van der Waals surface area contributed by atoms with Gasteiger partial charge in [-0.25, -0.2) is 4.39 Å². The molecule has 23 heavy (non-hydrogen) atoms. The summed E-state index contributed by atoms with van der Waals surface area (Å²) in [5.74, 6) is -0.0194. The van der Waals surface area contributed by atoms with E-state index < -0.39 is 0 Å². The van der Waals surface area contributed by atoms with Gasteiger partial charge in [0.2, 0.25) is 0 Å². The number of methoxy groups -OCH3 is 1. The van der Waals surface area contributed by atoms with Gasteiger partial charge in [-0.3, -0.25) is 9.80 Å². The van der Waals surface area contributed by atoms with Gasteiger partial charge < -0.3 is 14.6 Å². The van der Waals surface area contributed by atoms with Crippen molar-refractivity contribution in [3.8, 4) is 5.75 Å². The number of halogens is 1. The monoisotopic (exact) mass is 324 g/mol. The third-order valence-corrected chi connectivity index (χ3v) is 4.80. The smallest absolute Gasteiger partial charge is 0.165 e. The molecule has 2 aliphatic heterocycles. The molecular formula is C17H25FN2O3. The SMILES string of the molecule is COc1ccc(CN2CCN(CC3(CO)COC3)CC2)cc1F. The number of piperazine rings is 1. The summed E-state index contributed by atoms with van der Waals surface area (Å²) < 4.78 is 24.0. The van der Waals surface area contributed by atoms with Crippen molar-refractivity contribution in [2.45, 2.75) is 6.54 Å². The number of hydrogen-bond donors (Lipinski definition) is 1. The molecule has 0 aromatic heterocycles. The van der Waals surface area contributed by atoms with E-state index in [1.165, 1.54) is 7.11 Å². The molecule has 0 saturated carbocycles. The number of aliphatic hydroxyl groups is 1. The van der Waals surface area contributed by atoms with Crippen LogP contribution in [0.5, 0.6) is 5.75 Å². The summed E-state index contributed by atoms with van der Waals surface area (Å²) in [6.45, 7) is 7.02. The lowest BCUT2D eigenvalue weighted by Crippen LogP contribution is -2.56. The maximum Gasteiger partial charge on any atom is 0.165 e. The lowest BCUT2D eigenvalue weighted by molar-refractivity contribution is -0.150. The van der Waals surface area contributed by atoms with E-state index in [9.17, 15) is 9.50 Å². The van der Waals surface area contributed by atoms with E-state index in [2.05, 4.69) is 9.80 Å². The summed E-state index contributed by atoms with van der Waals surface area (Å²) in [5.41, 5.74) is 0.914. The van der Waals surface area contributed by atoms with Gasteiger partial charge in [-0.05, 0) is 17.7 Å². The first-order valence-electron chi connectivity index (χ1n) is 8.10. The van der Waals surface area contributed by atoms with Crippen LogP contribution in [0.3, 0.4) is 0 Å². The molecule has 0 aliphatic carbocycles. The first-order valence-corrected chi connectivity index (χ1v) is 8.10. The van der Waals surface area contributed by atoms with Crippen molar-refractivity contribution in [1.29, 1.82) is 0 Å². The molecule has 0 amide bonds. The molecular weight excluding hydrogens is 299 g/mol. The average molecular weight is 324 g/mol. The minimum atomic E-state index is -0.307. The summed E-state index contributed by atoms with van der Waals surface area (Å²) in [7, 11) is 1.48. The third-order valence-electron chi connectivity index (χ3n) is 4.80. The van der Waals surface area contributed by atoms with Gasteiger partial charge in [-0.1, -0.05) is 6.07 Å². The van der Waals surface area contributed by atoms with Gasteiger partial charge in [-0.2, -0.15) is 0 Å². The van der Waals surface area contributed by atoms with Crippen LogP contribution in [0.25, 0.3) is 0 Å². The summed E-state index contributed by atoms with van der Waals surface area (Å²) in [6, 6.07) is 5.15. The van der Waals surface area contributed by atoms with Crippen LogP contribution in [-0.2, 0) is 11.3 Å². The van der Waals surface area contributed by atoms with E-state index >= 15 is 0 Å². The standard InChI is InChI=1S/C17H25FN2O3/c1-22-16-3-2-14(8-15(16)18)9-19-4-6-20(7-5-19)10-17(11-21)12-23-13-17/h2-3,8,21H,4-7,9-13H2,1H3. The lowest BCUT2D eigenvalue weighted by Gasteiger charge is -2.45. The Morgan fingerprint density at radius 1 is 1.22 bits per heavy atom. The minimum Gasteiger partial charge on any atom is -0.494 e. The number of benzene rings is 1. The summed E-state index contributed by atoms with van der Waals surface area (Å²) in [5, 5.41) is 9.52. The fourth-order valence-electron chi connectivity index (χ4n) is 3.27. The van der Waals surface area contributed by atoms with Crippen LogP contribution in [0, 0.1) is 11.2 Å². The molecule has 2 saturated heterocycles. The van der Waals surface area contributed by atoms with Crippen molar-refractivity contribution < 1.29 is 19.0 Å². The number of ether oxygens (including phenoxy) is 2. The van der Waals surface area contributed by atoms with Gasteiger partial charge in [0.25, 0.3) is 0 Å². The Morgan fingerprint density at radius 2 is 1.91 bits per heavy atom. The summed E-state index contributed by atoms with van der Waals surface area (Å²) in [6.07, 6.45) is 0. The number of rotatable bonds is 6. The summed E-state index contributed by atoms with van der Waals surface area (Å²) >= 11 is 0. The highest BCUT2D eigenvalue weighted by atomic mass is 19.1. The molecule has 2 fully saturated rings. The maximum absolute atomic E-state index is 13.7. The molecule has 2 aliphatic rings. The Balaban J connectivity index is 1.48. The molecule has 0 unspecified atom stereocenters. The van der Waals surface area contributed by atoms with Crippen LogP contribution in [-0.4, -0.2) is 74.6 Å². The van der Waals surface area contributed by atoms with E-state index in [1.54, 1.807) is 12.1 Å². The van der Waals surface area contributed by atoms with Crippen LogP contribution >= 0.6 is 0 Å². The summed E-state index contributed by atoms with van der Waals surface area (Å²) in [4.78, 5) is 4.73. The predicted octanol–water partition coefficient (Wildman–Crippen LogP) is 0.961. The lowest BCUT2D eigenvalue weighted by atomic mass is 9.86. The highest BCUT2D eigenvalue weighted by Crippen LogP contribution is 2.28. The second-order valence-corrected chi connectivity index (χ2v) is 6.67. The second-order valence-electron chi connectivity index (χ2n) is 6.67. The van der Waals surface area contributed by atoms with Gasteiger partial charge >= 0.3 is 0 Å². The molecule has 1 aromatic rings. The molecule has 1 N–H and O–H groups in total. The van der Waals surface area contributed by atoms with E-state index in [-0.39, 0.29) is 23.6 Å². The van der Waals surface area contributed by atoms with Gasteiger partial charge in [0.05, 0.1) is 32.3 Å². The Kier molecular flexibility index (Phi) is 5.16. The van der Waals surface area contributed by atoms with Crippen LogP contribution < -0.4 is 4.74 Å². The number of aliphatic hydroxyl groups excluding tert-OH is 1. The van der Waals surface area contributed by atoms with Gasteiger partial charge in [0.15, 0.2) is 11.6 Å². The molecule has 128 valence electrons. The molecule has 5 nitrogen and oxygen atoms in total. The topological polar surface area (TPSA) is 45.2 Å². The van der Waals surface area contributed by atoms with Crippen molar-refractivity contribution in [2.75, 3.05) is 59.7 Å². The van der Waals surface area contributed by atoms with E-state index in [4.69, 9.17) is 9.47 Å². The van der Waals surface area contributed by atoms with Gasteiger partial charge in [0.1, 0.15) is 0 Å². The van der Waals surface area contributed by atoms with Crippen molar-refractivity contribution in [1.82, 2.24) is 9.80 Å². The Bertz CT molecular complexity index is 523. The average Bonchev–Trinajstić information content (AvgIpc) is 2.53. The van der Waals surface area contributed by atoms with Crippen LogP contribution in [0.15, 0.2) is 18.2 Å². The van der Waals surface area contributed by atoms with Crippen LogP contribution in [0.4, 0.5) is 4.39 Å². The molecule has 0 bridgehead atoms. The zero-order chi connectivity index (χ0) is 16.3. The molecule has 0 radical (unpaired) electrons. The quantitative estimate of drug-likeness (QED) is 0.844. The van der Waals surface area contributed by atoms with Crippen molar-refractivity contribution in [3.05, 3.63) is 29.6 Å². The number of hydrogen-bond acceptors (Lipinski definition) is 5. The zero-order valence-electron chi connectivity index (χ0n) is 13.6. The second kappa shape index (κ2) is 7.13. The van der Waals surface area contributed by atoms with Gasteiger partial charge in [-0.15, -0.1) is 0 Å². The highest BCUT2D eigenvalue weighted by molar-refractivity contribution is 5.29. The maximum atomic E-state index is 13.7. The Hall–Kier alpha value is -1.21. The Morgan fingerprint density at radius 3 is 2.43 bits per heavy atom. The molecule has 6 heteroatoms. The first-order chi connectivity index (χ1) is 11.1. The van der Waals surface area contributed by atoms with Crippen molar-refractivity contribution in [2.24, 2.45) is 5.41 Å². The van der Waals surface area contributed by atoms with E-state index in [1.807, 2.05) is 6.07 Å². The third kappa shape index (κ3) is 3.83. The molecule has 0 atom stereocenters. The Labute approximate surface area is 136 Å². The fourth-order valence-corrected chi connectivity index (χ4v) is 3.27.